The number of phenols is 1. The van der Waals surface area contributed by atoms with E-state index in [0.29, 0.717) is 0 Å². The van der Waals surface area contributed by atoms with Gasteiger partial charge in [0.2, 0.25) is 0 Å². The van der Waals surface area contributed by atoms with Gasteiger partial charge in [0, 0.05) is 32.2 Å². The van der Waals surface area contributed by atoms with Crippen LogP contribution in [0.25, 0.3) is 0 Å². The fourth-order valence-corrected chi connectivity index (χ4v) is 2.38. The van der Waals surface area contributed by atoms with Gasteiger partial charge in [0.1, 0.15) is 0 Å². The molecule has 1 aliphatic heterocycles. The molecule has 1 saturated heterocycles. The second-order valence-electron chi connectivity index (χ2n) is 4.54. The normalized spacial score (nSPS) is 18.5. The van der Waals surface area contributed by atoms with Crippen LogP contribution in [0.3, 0.4) is 0 Å². The smallest absolute Gasteiger partial charge is 0.165 e. The lowest BCUT2D eigenvalue weighted by Gasteiger charge is -2.34. The van der Waals surface area contributed by atoms with Crippen molar-refractivity contribution < 1.29 is 9.50 Å². The first kappa shape index (κ1) is 13.1. The summed E-state index contributed by atoms with van der Waals surface area (Å²) >= 11 is 0. The maximum Gasteiger partial charge on any atom is 0.165 e. The van der Waals surface area contributed by atoms with Crippen LogP contribution in [-0.2, 0) is 0 Å². The van der Waals surface area contributed by atoms with E-state index in [1.54, 1.807) is 6.07 Å². The number of hydrogen-bond donors (Lipinski definition) is 2. The fraction of sp³-hybridized carbons (Fsp3) is 0.429. The zero-order valence-electron chi connectivity index (χ0n) is 10.4. The molecule has 2 N–H and O–H groups in total. The molecule has 2 rings (SSSR count). The van der Waals surface area contributed by atoms with Gasteiger partial charge in [-0.15, -0.1) is 6.58 Å². The molecule has 0 unspecified atom stereocenters. The average Bonchev–Trinajstić information content (AvgIpc) is 2.40. The van der Waals surface area contributed by atoms with Crippen molar-refractivity contribution in [3.8, 4) is 5.75 Å². The number of rotatable bonds is 4. The molecule has 0 bridgehead atoms. The summed E-state index contributed by atoms with van der Waals surface area (Å²) in [5, 5.41) is 12.5. The second kappa shape index (κ2) is 5.98. The van der Waals surface area contributed by atoms with Crippen LogP contribution in [0, 0.1) is 5.82 Å². The van der Waals surface area contributed by atoms with Gasteiger partial charge in [-0.2, -0.15) is 0 Å². The van der Waals surface area contributed by atoms with Crippen molar-refractivity contribution >= 4 is 0 Å². The van der Waals surface area contributed by atoms with Crippen molar-refractivity contribution in [2.45, 2.75) is 12.5 Å². The molecule has 0 aliphatic carbocycles. The maximum atomic E-state index is 13.4. The summed E-state index contributed by atoms with van der Waals surface area (Å²) in [6.45, 7) is 7.57. The maximum absolute atomic E-state index is 13.4. The molecule has 1 fully saturated rings. The molecular formula is C14H19FN2O. The first-order chi connectivity index (χ1) is 8.72. The van der Waals surface area contributed by atoms with Crippen molar-refractivity contribution in [3.63, 3.8) is 0 Å². The summed E-state index contributed by atoms with van der Waals surface area (Å²) in [5.41, 5.74) is 0.895. The van der Waals surface area contributed by atoms with Gasteiger partial charge in [0.15, 0.2) is 11.6 Å². The number of benzene rings is 1. The highest BCUT2D eigenvalue weighted by atomic mass is 19.1. The quantitative estimate of drug-likeness (QED) is 0.803. The Labute approximate surface area is 107 Å². The number of piperazine rings is 1. The summed E-state index contributed by atoms with van der Waals surface area (Å²) in [6, 6.07) is 4.77. The molecule has 0 spiro atoms. The number of nitrogens with one attached hydrogen (secondary N) is 1. The van der Waals surface area contributed by atoms with Crippen molar-refractivity contribution in [1.29, 1.82) is 0 Å². The van der Waals surface area contributed by atoms with Crippen molar-refractivity contribution in [1.82, 2.24) is 10.2 Å². The minimum atomic E-state index is -0.559. The summed E-state index contributed by atoms with van der Waals surface area (Å²) in [5.74, 6) is -0.854. The summed E-state index contributed by atoms with van der Waals surface area (Å²) in [7, 11) is 0. The molecule has 0 amide bonds. The van der Waals surface area contributed by atoms with Gasteiger partial charge in [-0.1, -0.05) is 12.1 Å². The summed E-state index contributed by atoms with van der Waals surface area (Å²) in [4.78, 5) is 2.32. The molecule has 1 atom stereocenters. The predicted molar refractivity (Wildman–Crippen MR) is 70.1 cm³/mol. The highest BCUT2D eigenvalue weighted by molar-refractivity contribution is 5.30. The predicted octanol–water partition coefficient (Wildman–Crippen LogP) is 2.05. The van der Waals surface area contributed by atoms with E-state index in [1.165, 1.54) is 12.1 Å². The molecule has 4 heteroatoms. The average molecular weight is 250 g/mol. The van der Waals surface area contributed by atoms with Crippen LogP contribution in [-0.4, -0.2) is 36.2 Å². The Morgan fingerprint density at radius 1 is 1.44 bits per heavy atom. The SMILES string of the molecule is C=CC[C@@H](c1ccc(O)c(F)c1)N1CCNCC1. The number of nitrogens with zero attached hydrogens (tertiary/aromatic N) is 1. The monoisotopic (exact) mass is 250 g/mol. The molecule has 1 aliphatic rings. The first-order valence-corrected chi connectivity index (χ1v) is 6.26. The molecule has 1 aromatic rings. The van der Waals surface area contributed by atoms with Crippen LogP contribution in [0.5, 0.6) is 5.75 Å². The van der Waals surface area contributed by atoms with E-state index < -0.39 is 5.82 Å². The topological polar surface area (TPSA) is 35.5 Å². The molecule has 18 heavy (non-hydrogen) atoms. The zero-order valence-corrected chi connectivity index (χ0v) is 10.4. The number of phenolic OH excluding ortho intramolecular Hbond substituents is 1. The van der Waals surface area contributed by atoms with Crippen LogP contribution in [0.4, 0.5) is 4.39 Å². The van der Waals surface area contributed by atoms with Crippen LogP contribution in [0.15, 0.2) is 30.9 Å². The van der Waals surface area contributed by atoms with Gasteiger partial charge in [0.05, 0.1) is 0 Å². The van der Waals surface area contributed by atoms with Crippen LogP contribution >= 0.6 is 0 Å². The van der Waals surface area contributed by atoms with Crippen molar-refractivity contribution in [2.24, 2.45) is 0 Å². The van der Waals surface area contributed by atoms with Crippen molar-refractivity contribution in [2.75, 3.05) is 26.2 Å². The van der Waals surface area contributed by atoms with E-state index in [9.17, 15) is 9.50 Å². The Hall–Kier alpha value is -1.39. The molecule has 98 valence electrons. The lowest BCUT2D eigenvalue weighted by atomic mass is 10.0. The Kier molecular flexibility index (Phi) is 4.33. The second-order valence-corrected chi connectivity index (χ2v) is 4.54. The lowest BCUT2D eigenvalue weighted by Crippen LogP contribution is -2.45. The minimum Gasteiger partial charge on any atom is -0.505 e. The summed E-state index contributed by atoms with van der Waals surface area (Å²) < 4.78 is 13.4. The third-order valence-corrected chi connectivity index (χ3v) is 3.34. The largest absolute Gasteiger partial charge is 0.505 e. The molecule has 1 aromatic carbocycles. The van der Waals surface area contributed by atoms with E-state index in [1.807, 2.05) is 6.08 Å². The minimum absolute atomic E-state index is 0.139. The number of halogens is 1. The van der Waals surface area contributed by atoms with Crippen LogP contribution in [0.1, 0.15) is 18.0 Å². The Balaban J connectivity index is 2.22. The zero-order chi connectivity index (χ0) is 13.0. The third-order valence-electron chi connectivity index (χ3n) is 3.34. The van der Waals surface area contributed by atoms with Gasteiger partial charge in [-0.05, 0) is 24.1 Å². The van der Waals surface area contributed by atoms with E-state index >= 15 is 0 Å². The Bertz CT molecular complexity index is 416. The van der Waals surface area contributed by atoms with Crippen molar-refractivity contribution in [3.05, 3.63) is 42.2 Å². The highest BCUT2D eigenvalue weighted by Crippen LogP contribution is 2.28. The molecule has 0 aromatic heterocycles. The van der Waals surface area contributed by atoms with E-state index in [4.69, 9.17) is 0 Å². The van der Waals surface area contributed by atoms with Gasteiger partial charge in [-0.3, -0.25) is 4.90 Å². The number of aromatic hydroxyl groups is 1. The molecule has 1 heterocycles. The molecule has 0 radical (unpaired) electrons. The third kappa shape index (κ3) is 2.89. The standard InChI is InChI=1S/C14H19FN2O/c1-2-3-13(17-8-6-16-7-9-17)11-4-5-14(18)12(15)10-11/h2,4-5,10,13,16,18H,1,3,6-9H2/t13-/m0/s1. The van der Waals surface area contributed by atoms with Gasteiger partial charge in [-0.25, -0.2) is 4.39 Å². The van der Waals surface area contributed by atoms with E-state index in [0.717, 1.165) is 38.2 Å². The van der Waals surface area contributed by atoms with Crippen LogP contribution < -0.4 is 5.32 Å². The number of hydrogen-bond acceptors (Lipinski definition) is 3. The first-order valence-electron chi connectivity index (χ1n) is 6.26. The van der Waals surface area contributed by atoms with Crippen LogP contribution in [0.2, 0.25) is 0 Å². The van der Waals surface area contributed by atoms with Gasteiger partial charge < -0.3 is 10.4 Å². The molecular weight excluding hydrogens is 231 g/mol. The molecule has 3 nitrogen and oxygen atoms in total. The summed E-state index contributed by atoms with van der Waals surface area (Å²) in [6.07, 6.45) is 2.64. The Morgan fingerprint density at radius 2 is 2.17 bits per heavy atom. The highest BCUT2D eigenvalue weighted by Gasteiger charge is 2.21. The fourth-order valence-electron chi connectivity index (χ4n) is 2.38. The van der Waals surface area contributed by atoms with E-state index in [-0.39, 0.29) is 11.8 Å². The lowest BCUT2D eigenvalue weighted by molar-refractivity contribution is 0.174. The Morgan fingerprint density at radius 3 is 2.78 bits per heavy atom. The van der Waals surface area contributed by atoms with Gasteiger partial charge >= 0.3 is 0 Å². The van der Waals surface area contributed by atoms with Gasteiger partial charge in [0.25, 0.3) is 0 Å². The molecule has 0 saturated carbocycles. The van der Waals surface area contributed by atoms with E-state index in [2.05, 4.69) is 16.8 Å².